The number of Topliss-reactive ketones (excluding diaryl/α,β-unsaturated/α-hetero) is 1. The monoisotopic (exact) mass is 350 g/mol. The molecule has 0 bridgehead atoms. The predicted octanol–water partition coefficient (Wildman–Crippen LogP) is 2.63. The molecule has 25 heavy (non-hydrogen) atoms. The van der Waals surface area contributed by atoms with Crippen LogP contribution in [0.4, 0.5) is 14.6 Å². The van der Waals surface area contributed by atoms with E-state index in [1.165, 1.54) is 23.0 Å². The van der Waals surface area contributed by atoms with E-state index in [1.54, 1.807) is 12.1 Å². The van der Waals surface area contributed by atoms with Gasteiger partial charge in [-0.05, 0) is 50.2 Å². The molecule has 8 heteroatoms. The number of hydrogen-bond acceptors (Lipinski definition) is 5. The number of piperidine rings is 1. The summed E-state index contributed by atoms with van der Waals surface area (Å²) in [6.45, 7) is 2.30. The Labute approximate surface area is 144 Å². The van der Waals surface area contributed by atoms with Crippen molar-refractivity contribution in [3.63, 3.8) is 0 Å². The fourth-order valence-electron chi connectivity index (χ4n) is 2.92. The van der Waals surface area contributed by atoms with Gasteiger partial charge in [0.05, 0.1) is 17.4 Å². The second kappa shape index (κ2) is 6.79. The van der Waals surface area contributed by atoms with Crippen LogP contribution in [0.5, 0.6) is 5.75 Å². The molecule has 6 nitrogen and oxygen atoms in total. The Hall–Kier alpha value is -2.48. The molecule has 2 heterocycles. The maximum Gasteiger partial charge on any atom is 0.394 e. The summed E-state index contributed by atoms with van der Waals surface area (Å²) in [5, 5.41) is 7.39. The highest BCUT2D eigenvalue weighted by atomic mass is 19.3. The number of nitrogen functional groups attached to an aromatic ring is 1. The van der Waals surface area contributed by atoms with Gasteiger partial charge in [0.15, 0.2) is 5.78 Å². The summed E-state index contributed by atoms with van der Waals surface area (Å²) in [7, 11) is 0. The molecule has 0 aliphatic carbocycles. The summed E-state index contributed by atoms with van der Waals surface area (Å²) in [6.07, 6.45) is -0.230. The molecule has 134 valence electrons. The highest BCUT2D eigenvalue weighted by Crippen LogP contribution is 2.26. The van der Waals surface area contributed by atoms with Crippen molar-refractivity contribution in [2.75, 3.05) is 18.8 Å². The Morgan fingerprint density at radius 3 is 2.56 bits per heavy atom. The van der Waals surface area contributed by atoms with E-state index in [9.17, 15) is 13.6 Å². The maximum absolute atomic E-state index is 12.9. The lowest BCUT2D eigenvalue weighted by atomic mass is 9.90. The average molecular weight is 350 g/mol. The van der Waals surface area contributed by atoms with Gasteiger partial charge in [0.1, 0.15) is 11.6 Å². The second-order valence-corrected chi connectivity index (χ2v) is 6.15. The molecule has 1 aromatic heterocycles. The van der Waals surface area contributed by atoms with Crippen LogP contribution in [-0.4, -0.2) is 34.8 Å². The number of carbonyl (C=O) groups excluding carboxylic acids is 1. The smallest absolute Gasteiger partial charge is 0.394 e. The number of ketones is 1. The largest absolute Gasteiger partial charge is 0.433 e. The number of aromatic nitrogens is 2. The van der Waals surface area contributed by atoms with Crippen molar-refractivity contribution >= 4 is 11.6 Å². The molecule has 2 aromatic rings. The molecule has 0 radical (unpaired) electrons. The van der Waals surface area contributed by atoms with Crippen molar-refractivity contribution < 1.29 is 18.3 Å². The summed E-state index contributed by atoms with van der Waals surface area (Å²) in [5.41, 5.74) is 7.05. The lowest BCUT2D eigenvalue weighted by Crippen LogP contribution is -2.32. The molecule has 3 N–H and O–H groups in total. The highest BCUT2D eigenvalue weighted by molar-refractivity contribution is 6.01. The standard InChI is InChI=1S/C17H20F2N4O2/c1-17(18,19)25-13-4-2-12(3-5-13)23-16(20)14(10-22-23)15(24)11-6-8-21-9-7-11/h2-5,10-11,21H,6-9,20H2,1H3. The third-order valence-electron chi connectivity index (χ3n) is 4.16. The normalized spacial score (nSPS) is 16.0. The minimum absolute atomic E-state index is 0.00386. The maximum atomic E-state index is 12.9. The van der Waals surface area contributed by atoms with Gasteiger partial charge in [-0.1, -0.05) is 0 Å². The van der Waals surface area contributed by atoms with Crippen molar-refractivity contribution in [1.29, 1.82) is 0 Å². The number of nitrogens with two attached hydrogens (primary N) is 1. The average Bonchev–Trinajstić information content (AvgIpc) is 2.96. The van der Waals surface area contributed by atoms with E-state index in [-0.39, 0.29) is 23.3 Å². The molecule has 0 unspecified atom stereocenters. The topological polar surface area (TPSA) is 82.2 Å². The van der Waals surface area contributed by atoms with Crippen LogP contribution >= 0.6 is 0 Å². The summed E-state index contributed by atoms with van der Waals surface area (Å²) in [6, 6.07) is 5.93. The van der Waals surface area contributed by atoms with Gasteiger partial charge >= 0.3 is 6.11 Å². The fraction of sp³-hybridized carbons (Fsp3) is 0.412. The Morgan fingerprint density at radius 2 is 1.96 bits per heavy atom. The molecule has 1 aliphatic heterocycles. The van der Waals surface area contributed by atoms with E-state index in [4.69, 9.17) is 5.73 Å². The van der Waals surface area contributed by atoms with Gasteiger partial charge in [-0.2, -0.15) is 13.9 Å². The number of halogens is 2. The van der Waals surface area contributed by atoms with Gasteiger partial charge in [-0.3, -0.25) is 4.79 Å². The minimum Gasteiger partial charge on any atom is -0.433 e. The Kier molecular flexibility index (Phi) is 4.71. The number of rotatable bonds is 5. The third-order valence-corrected chi connectivity index (χ3v) is 4.16. The van der Waals surface area contributed by atoms with Crippen LogP contribution in [0.15, 0.2) is 30.5 Å². The fourth-order valence-corrected chi connectivity index (χ4v) is 2.92. The SMILES string of the molecule is CC(F)(F)Oc1ccc(-n2ncc(C(=O)C3CCNCC3)c2N)cc1. The van der Waals surface area contributed by atoms with Gasteiger partial charge in [0.25, 0.3) is 0 Å². The first-order valence-electron chi connectivity index (χ1n) is 8.11. The van der Waals surface area contributed by atoms with Crippen LogP contribution in [0.3, 0.4) is 0 Å². The molecule has 0 amide bonds. The number of ether oxygens (including phenoxy) is 1. The number of benzene rings is 1. The molecule has 0 saturated carbocycles. The molecule has 0 spiro atoms. The van der Waals surface area contributed by atoms with Gasteiger partial charge in [0, 0.05) is 12.8 Å². The van der Waals surface area contributed by atoms with Crippen molar-refractivity contribution in [1.82, 2.24) is 15.1 Å². The zero-order chi connectivity index (χ0) is 18.0. The van der Waals surface area contributed by atoms with E-state index in [2.05, 4.69) is 15.2 Å². The Balaban J connectivity index is 1.79. The number of nitrogens with zero attached hydrogens (tertiary/aromatic N) is 2. The van der Waals surface area contributed by atoms with Gasteiger partial charge in [0.2, 0.25) is 0 Å². The number of nitrogens with one attached hydrogen (secondary N) is 1. The Bertz CT molecular complexity index is 747. The number of hydrogen-bond donors (Lipinski definition) is 2. The van der Waals surface area contributed by atoms with E-state index in [1.807, 2.05) is 0 Å². The molecule has 1 saturated heterocycles. The first-order chi connectivity index (χ1) is 11.8. The van der Waals surface area contributed by atoms with E-state index in [0.29, 0.717) is 18.2 Å². The molecule has 1 fully saturated rings. The molecule has 1 aliphatic rings. The summed E-state index contributed by atoms with van der Waals surface area (Å²) >= 11 is 0. The summed E-state index contributed by atoms with van der Waals surface area (Å²) < 4.78 is 31.6. The minimum atomic E-state index is -3.25. The molecular weight excluding hydrogens is 330 g/mol. The summed E-state index contributed by atoms with van der Waals surface area (Å²) in [5.74, 6) is 0.227. The zero-order valence-electron chi connectivity index (χ0n) is 13.8. The van der Waals surface area contributed by atoms with Crippen LogP contribution in [0.25, 0.3) is 5.69 Å². The van der Waals surface area contributed by atoms with Crippen LogP contribution in [0, 0.1) is 5.92 Å². The summed E-state index contributed by atoms with van der Waals surface area (Å²) in [4.78, 5) is 12.6. The van der Waals surface area contributed by atoms with Crippen LogP contribution in [0.1, 0.15) is 30.1 Å². The van der Waals surface area contributed by atoms with Crippen LogP contribution < -0.4 is 15.8 Å². The quantitative estimate of drug-likeness (QED) is 0.810. The molecule has 3 rings (SSSR count). The number of carbonyl (C=O) groups is 1. The van der Waals surface area contributed by atoms with Crippen molar-refractivity contribution in [3.8, 4) is 11.4 Å². The van der Waals surface area contributed by atoms with Crippen molar-refractivity contribution in [2.45, 2.75) is 25.9 Å². The second-order valence-electron chi connectivity index (χ2n) is 6.15. The first-order valence-corrected chi connectivity index (χ1v) is 8.11. The van der Waals surface area contributed by atoms with Crippen LogP contribution in [-0.2, 0) is 0 Å². The van der Waals surface area contributed by atoms with E-state index < -0.39 is 6.11 Å². The molecule has 1 aromatic carbocycles. The first kappa shape index (κ1) is 17.3. The van der Waals surface area contributed by atoms with Crippen molar-refractivity contribution in [2.24, 2.45) is 5.92 Å². The Morgan fingerprint density at radius 1 is 1.32 bits per heavy atom. The predicted molar refractivity (Wildman–Crippen MR) is 89.1 cm³/mol. The van der Waals surface area contributed by atoms with E-state index in [0.717, 1.165) is 25.9 Å². The lowest BCUT2D eigenvalue weighted by molar-refractivity contribution is -0.158. The zero-order valence-corrected chi connectivity index (χ0v) is 13.8. The third kappa shape index (κ3) is 3.96. The van der Waals surface area contributed by atoms with Crippen LogP contribution in [0.2, 0.25) is 0 Å². The van der Waals surface area contributed by atoms with E-state index >= 15 is 0 Å². The lowest BCUT2D eigenvalue weighted by Gasteiger charge is -2.21. The van der Waals surface area contributed by atoms with Gasteiger partial charge < -0.3 is 15.8 Å². The van der Waals surface area contributed by atoms with Gasteiger partial charge in [-0.15, -0.1) is 0 Å². The highest BCUT2D eigenvalue weighted by Gasteiger charge is 2.26. The number of alkyl halides is 2. The molecule has 0 atom stereocenters. The molecular formula is C17H20F2N4O2. The van der Waals surface area contributed by atoms with Crippen molar-refractivity contribution in [3.05, 3.63) is 36.0 Å². The number of anilines is 1. The van der Waals surface area contributed by atoms with Gasteiger partial charge in [-0.25, -0.2) is 4.68 Å².